The lowest BCUT2D eigenvalue weighted by Gasteiger charge is -2.13. The summed E-state index contributed by atoms with van der Waals surface area (Å²) >= 11 is 7.24. The number of fused-ring (bicyclic) bond motifs is 1. The van der Waals surface area contributed by atoms with Crippen LogP contribution in [0.2, 0.25) is 5.02 Å². The molecule has 0 spiro atoms. The Kier molecular flexibility index (Phi) is 7.28. The summed E-state index contributed by atoms with van der Waals surface area (Å²) in [6, 6.07) is 4.99. The summed E-state index contributed by atoms with van der Waals surface area (Å²) in [6.07, 6.45) is 0. The number of methoxy groups -OCH3 is 1. The van der Waals surface area contributed by atoms with Crippen molar-refractivity contribution in [3.63, 3.8) is 0 Å². The monoisotopic (exact) mass is 383 g/mol. The quantitative estimate of drug-likeness (QED) is 0.560. The molecule has 0 fully saturated rings. The Morgan fingerprint density at radius 1 is 1.44 bits per heavy atom. The first-order valence-corrected chi connectivity index (χ1v) is 9.37. The van der Waals surface area contributed by atoms with Crippen LogP contribution in [0.1, 0.15) is 13.8 Å². The van der Waals surface area contributed by atoms with Crippen LogP contribution >= 0.6 is 23.4 Å². The highest BCUT2D eigenvalue weighted by Gasteiger charge is 2.13. The summed E-state index contributed by atoms with van der Waals surface area (Å²) in [5.74, 6) is 0.491. The molecule has 2 aromatic rings. The van der Waals surface area contributed by atoms with Gasteiger partial charge in [0.2, 0.25) is 5.91 Å². The van der Waals surface area contributed by atoms with Gasteiger partial charge in [-0.25, -0.2) is 4.98 Å². The lowest BCUT2D eigenvalue weighted by atomic mass is 10.2. The van der Waals surface area contributed by atoms with Crippen LogP contribution in [0, 0.1) is 5.92 Å². The van der Waals surface area contributed by atoms with Gasteiger partial charge in [0.1, 0.15) is 0 Å². The van der Waals surface area contributed by atoms with Crippen LogP contribution in [0.25, 0.3) is 10.9 Å². The number of hydrogen-bond acceptors (Lipinski definition) is 5. The molecule has 1 N–H and O–H groups in total. The van der Waals surface area contributed by atoms with Gasteiger partial charge in [0, 0.05) is 18.7 Å². The minimum absolute atomic E-state index is 0.0857. The summed E-state index contributed by atoms with van der Waals surface area (Å²) in [7, 11) is 1.57. The minimum atomic E-state index is -0.163. The van der Waals surface area contributed by atoms with E-state index >= 15 is 0 Å². The van der Waals surface area contributed by atoms with Crippen molar-refractivity contribution in [1.29, 1.82) is 0 Å². The Hall–Kier alpha value is -1.57. The third kappa shape index (κ3) is 5.45. The van der Waals surface area contributed by atoms with Crippen molar-refractivity contribution >= 4 is 40.2 Å². The van der Waals surface area contributed by atoms with Crippen molar-refractivity contribution in [2.45, 2.75) is 25.5 Å². The van der Waals surface area contributed by atoms with Crippen molar-refractivity contribution < 1.29 is 9.53 Å². The minimum Gasteiger partial charge on any atom is -0.383 e. The second-order valence-electron chi connectivity index (χ2n) is 5.99. The van der Waals surface area contributed by atoms with Crippen LogP contribution < -0.4 is 10.9 Å². The smallest absolute Gasteiger partial charge is 0.262 e. The first-order valence-electron chi connectivity index (χ1n) is 8.01. The Morgan fingerprint density at radius 2 is 2.20 bits per heavy atom. The van der Waals surface area contributed by atoms with E-state index in [1.807, 2.05) is 13.8 Å². The number of halogens is 1. The van der Waals surface area contributed by atoms with Gasteiger partial charge in [0.15, 0.2) is 5.16 Å². The van der Waals surface area contributed by atoms with Crippen molar-refractivity contribution in [3.05, 3.63) is 33.6 Å². The SMILES string of the molecule is COCCn1c(SCC(=O)NCC(C)C)nc2cc(Cl)ccc2c1=O. The average Bonchev–Trinajstić information content (AvgIpc) is 2.57. The van der Waals surface area contributed by atoms with Gasteiger partial charge in [-0.15, -0.1) is 0 Å². The molecule has 0 atom stereocenters. The van der Waals surface area contributed by atoms with E-state index < -0.39 is 0 Å². The van der Waals surface area contributed by atoms with Crippen molar-refractivity contribution in [2.24, 2.45) is 5.92 Å². The second-order valence-corrected chi connectivity index (χ2v) is 7.37. The van der Waals surface area contributed by atoms with Crippen LogP contribution in [0.4, 0.5) is 0 Å². The van der Waals surface area contributed by atoms with Crippen LogP contribution in [-0.4, -0.2) is 41.5 Å². The number of ether oxygens (including phenoxy) is 1. The van der Waals surface area contributed by atoms with Gasteiger partial charge >= 0.3 is 0 Å². The van der Waals surface area contributed by atoms with Gasteiger partial charge in [-0.05, 0) is 24.1 Å². The molecule has 0 saturated heterocycles. The number of amides is 1. The molecule has 6 nitrogen and oxygen atoms in total. The lowest BCUT2D eigenvalue weighted by Crippen LogP contribution is -2.30. The highest BCUT2D eigenvalue weighted by Crippen LogP contribution is 2.20. The Bertz CT molecular complexity index is 808. The van der Waals surface area contributed by atoms with Crippen molar-refractivity contribution in [1.82, 2.24) is 14.9 Å². The number of carbonyl (C=O) groups excluding carboxylic acids is 1. The molecule has 0 bridgehead atoms. The standard InChI is InChI=1S/C17H22ClN3O3S/c1-11(2)9-19-15(22)10-25-17-20-14-8-12(18)4-5-13(14)16(23)21(17)6-7-24-3/h4-5,8,11H,6-7,9-10H2,1-3H3,(H,19,22). The van der Waals surface area contributed by atoms with E-state index in [9.17, 15) is 9.59 Å². The Labute approximate surface area is 155 Å². The summed E-state index contributed by atoms with van der Waals surface area (Å²) in [6.45, 7) is 5.44. The topological polar surface area (TPSA) is 73.2 Å². The maximum atomic E-state index is 12.7. The van der Waals surface area contributed by atoms with Crippen LogP contribution in [-0.2, 0) is 16.1 Å². The Morgan fingerprint density at radius 3 is 2.88 bits per heavy atom. The van der Waals surface area contributed by atoms with E-state index in [0.29, 0.717) is 46.7 Å². The van der Waals surface area contributed by atoms with E-state index in [1.54, 1.807) is 29.9 Å². The Balaban J connectivity index is 2.29. The van der Waals surface area contributed by atoms with Gasteiger partial charge in [-0.1, -0.05) is 37.2 Å². The van der Waals surface area contributed by atoms with E-state index in [4.69, 9.17) is 16.3 Å². The molecule has 8 heteroatoms. The second kappa shape index (κ2) is 9.22. The molecule has 25 heavy (non-hydrogen) atoms. The maximum absolute atomic E-state index is 12.7. The summed E-state index contributed by atoms with van der Waals surface area (Å²) in [5, 5.41) is 4.35. The zero-order chi connectivity index (χ0) is 18.4. The van der Waals surface area contributed by atoms with Crippen molar-refractivity contribution in [2.75, 3.05) is 26.0 Å². The van der Waals surface area contributed by atoms with Gasteiger partial charge < -0.3 is 10.1 Å². The van der Waals surface area contributed by atoms with Gasteiger partial charge in [-0.3, -0.25) is 14.2 Å². The number of benzene rings is 1. The van der Waals surface area contributed by atoms with E-state index in [0.717, 1.165) is 0 Å². The van der Waals surface area contributed by atoms with Gasteiger partial charge in [0.25, 0.3) is 5.56 Å². The number of aromatic nitrogens is 2. The summed E-state index contributed by atoms with van der Waals surface area (Å²) < 4.78 is 6.62. The molecule has 136 valence electrons. The lowest BCUT2D eigenvalue weighted by molar-refractivity contribution is -0.118. The highest BCUT2D eigenvalue weighted by molar-refractivity contribution is 7.99. The van der Waals surface area contributed by atoms with E-state index in [-0.39, 0.29) is 17.2 Å². The molecule has 1 aromatic heterocycles. The molecule has 0 aliphatic rings. The number of thioether (sulfide) groups is 1. The zero-order valence-corrected chi connectivity index (χ0v) is 16.1. The fraction of sp³-hybridized carbons (Fsp3) is 0.471. The van der Waals surface area contributed by atoms with Crippen molar-refractivity contribution in [3.8, 4) is 0 Å². The number of rotatable bonds is 8. The zero-order valence-electron chi connectivity index (χ0n) is 14.5. The molecule has 0 unspecified atom stereocenters. The number of nitrogens with zero attached hydrogens (tertiary/aromatic N) is 2. The molecular weight excluding hydrogens is 362 g/mol. The number of nitrogens with one attached hydrogen (secondary N) is 1. The fourth-order valence-electron chi connectivity index (χ4n) is 2.16. The third-order valence-corrected chi connectivity index (χ3v) is 4.65. The molecule has 0 radical (unpaired) electrons. The molecule has 0 aliphatic heterocycles. The number of carbonyl (C=O) groups is 1. The molecule has 0 saturated carbocycles. The van der Waals surface area contributed by atoms with Crippen LogP contribution in [0.15, 0.2) is 28.2 Å². The summed E-state index contributed by atoms with van der Waals surface area (Å²) in [5.41, 5.74) is 0.361. The van der Waals surface area contributed by atoms with Crippen LogP contribution in [0.3, 0.4) is 0 Å². The largest absolute Gasteiger partial charge is 0.383 e. The number of hydrogen-bond donors (Lipinski definition) is 1. The predicted octanol–water partition coefficient (Wildman–Crippen LogP) is 2.56. The normalized spacial score (nSPS) is 11.2. The maximum Gasteiger partial charge on any atom is 0.262 e. The van der Waals surface area contributed by atoms with Gasteiger partial charge in [0.05, 0.1) is 29.8 Å². The molecule has 1 heterocycles. The first-order chi connectivity index (χ1) is 11.9. The van der Waals surface area contributed by atoms with E-state index in [2.05, 4.69) is 10.3 Å². The predicted molar refractivity (Wildman–Crippen MR) is 101 cm³/mol. The molecular formula is C17H22ClN3O3S. The highest BCUT2D eigenvalue weighted by atomic mass is 35.5. The molecule has 1 amide bonds. The average molecular weight is 384 g/mol. The third-order valence-electron chi connectivity index (χ3n) is 3.44. The fourth-order valence-corrected chi connectivity index (χ4v) is 3.18. The molecule has 0 aliphatic carbocycles. The van der Waals surface area contributed by atoms with E-state index in [1.165, 1.54) is 11.8 Å². The molecule has 2 rings (SSSR count). The first kappa shape index (κ1) is 19.8. The molecule has 1 aromatic carbocycles. The van der Waals surface area contributed by atoms with Gasteiger partial charge in [-0.2, -0.15) is 0 Å². The van der Waals surface area contributed by atoms with Crippen LogP contribution in [0.5, 0.6) is 0 Å². The summed E-state index contributed by atoms with van der Waals surface area (Å²) in [4.78, 5) is 29.2.